The van der Waals surface area contributed by atoms with E-state index in [-0.39, 0.29) is 18.0 Å². The Morgan fingerprint density at radius 1 is 1.42 bits per heavy atom. The predicted molar refractivity (Wildman–Crippen MR) is 74.4 cm³/mol. The number of nitrogens with zero attached hydrogens (tertiary/aromatic N) is 1. The summed E-state index contributed by atoms with van der Waals surface area (Å²) in [6.45, 7) is 2.41. The molecule has 0 bridgehead atoms. The van der Waals surface area contributed by atoms with E-state index >= 15 is 0 Å². The van der Waals surface area contributed by atoms with E-state index in [1.54, 1.807) is 0 Å². The number of rotatable bonds is 5. The zero-order chi connectivity index (χ0) is 14.4. The summed E-state index contributed by atoms with van der Waals surface area (Å²) in [4.78, 5) is 24.7. The van der Waals surface area contributed by atoms with Gasteiger partial charge in [-0.2, -0.15) is 0 Å². The summed E-state index contributed by atoms with van der Waals surface area (Å²) in [6.07, 6.45) is 0.823. The summed E-state index contributed by atoms with van der Waals surface area (Å²) < 4.78 is 14.2. The minimum absolute atomic E-state index is 0.0554. The van der Waals surface area contributed by atoms with E-state index < -0.39 is 11.7 Å². The van der Waals surface area contributed by atoms with Gasteiger partial charge in [-0.1, -0.05) is 22.9 Å². The summed E-state index contributed by atoms with van der Waals surface area (Å²) in [5, 5.41) is 2.66. The van der Waals surface area contributed by atoms with Gasteiger partial charge in [0, 0.05) is 18.1 Å². The first-order valence-corrected chi connectivity index (χ1v) is 6.72. The zero-order valence-corrected chi connectivity index (χ0v) is 12.5. The predicted octanol–water partition coefficient (Wildman–Crippen LogP) is 2.19. The molecule has 6 heteroatoms. The number of halogens is 2. The van der Waals surface area contributed by atoms with Gasteiger partial charge in [0.1, 0.15) is 5.82 Å². The molecular weight excluding hydrogens is 315 g/mol. The van der Waals surface area contributed by atoms with Crippen LogP contribution in [0.5, 0.6) is 0 Å². The van der Waals surface area contributed by atoms with Crippen LogP contribution in [0, 0.1) is 5.82 Å². The van der Waals surface area contributed by atoms with Crippen molar-refractivity contribution in [3.63, 3.8) is 0 Å². The van der Waals surface area contributed by atoms with Gasteiger partial charge in [0.05, 0.1) is 12.1 Å². The molecule has 0 unspecified atom stereocenters. The number of nitrogens with one attached hydrogen (secondary N) is 1. The highest BCUT2D eigenvalue weighted by molar-refractivity contribution is 9.10. The van der Waals surface area contributed by atoms with Crippen molar-refractivity contribution in [3.05, 3.63) is 34.1 Å². The van der Waals surface area contributed by atoms with E-state index in [0.29, 0.717) is 11.0 Å². The van der Waals surface area contributed by atoms with Crippen molar-refractivity contribution in [1.82, 2.24) is 10.2 Å². The molecule has 0 saturated carbocycles. The maximum Gasteiger partial charge on any atom is 0.257 e. The van der Waals surface area contributed by atoms with Gasteiger partial charge in [-0.25, -0.2) is 4.39 Å². The van der Waals surface area contributed by atoms with Crippen molar-refractivity contribution in [2.24, 2.45) is 0 Å². The van der Waals surface area contributed by atoms with Gasteiger partial charge in [0.15, 0.2) is 0 Å². The number of hydrogen-bond acceptors (Lipinski definition) is 2. The second-order valence-electron chi connectivity index (χ2n) is 4.14. The Kier molecular flexibility index (Phi) is 5.95. The fourth-order valence-electron chi connectivity index (χ4n) is 1.47. The van der Waals surface area contributed by atoms with Crippen LogP contribution in [0.2, 0.25) is 0 Å². The van der Waals surface area contributed by atoms with E-state index in [0.717, 1.165) is 6.42 Å². The van der Waals surface area contributed by atoms with Gasteiger partial charge < -0.3 is 10.2 Å². The summed E-state index contributed by atoms with van der Waals surface area (Å²) >= 11 is 3.18. The second kappa shape index (κ2) is 7.23. The minimum Gasteiger partial charge on any atom is -0.355 e. The van der Waals surface area contributed by atoms with E-state index in [1.165, 1.54) is 30.1 Å². The van der Waals surface area contributed by atoms with Gasteiger partial charge in [0.25, 0.3) is 5.91 Å². The van der Waals surface area contributed by atoms with Crippen molar-refractivity contribution in [2.45, 2.75) is 13.3 Å². The molecule has 0 heterocycles. The SMILES string of the molecule is CCCNC(=O)CN(C)C(=O)c1cc(Br)ccc1F. The van der Waals surface area contributed by atoms with E-state index in [9.17, 15) is 14.0 Å². The highest BCUT2D eigenvalue weighted by Crippen LogP contribution is 2.16. The second-order valence-corrected chi connectivity index (χ2v) is 5.05. The first-order chi connectivity index (χ1) is 8.95. The Bertz CT molecular complexity index is 480. The Morgan fingerprint density at radius 2 is 2.11 bits per heavy atom. The normalized spacial score (nSPS) is 10.1. The quantitative estimate of drug-likeness (QED) is 0.899. The van der Waals surface area contributed by atoms with Gasteiger partial charge in [-0.05, 0) is 24.6 Å². The number of benzene rings is 1. The molecule has 1 aromatic carbocycles. The number of likely N-dealkylation sites (N-methyl/N-ethyl adjacent to an activating group) is 1. The van der Waals surface area contributed by atoms with E-state index in [4.69, 9.17) is 0 Å². The van der Waals surface area contributed by atoms with Crippen LogP contribution in [0.15, 0.2) is 22.7 Å². The molecule has 1 rings (SSSR count). The Labute approximate surface area is 120 Å². The fraction of sp³-hybridized carbons (Fsp3) is 0.385. The highest BCUT2D eigenvalue weighted by Gasteiger charge is 2.18. The summed E-state index contributed by atoms with van der Waals surface area (Å²) in [6, 6.07) is 4.13. The van der Waals surface area contributed by atoms with Crippen molar-refractivity contribution >= 4 is 27.7 Å². The van der Waals surface area contributed by atoms with Crippen molar-refractivity contribution < 1.29 is 14.0 Å². The molecule has 0 saturated heterocycles. The molecule has 104 valence electrons. The van der Waals surface area contributed by atoms with Crippen LogP contribution in [-0.4, -0.2) is 36.9 Å². The molecule has 19 heavy (non-hydrogen) atoms. The highest BCUT2D eigenvalue weighted by atomic mass is 79.9. The third kappa shape index (κ3) is 4.63. The molecule has 0 fully saturated rings. The van der Waals surface area contributed by atoms with Crippen LogP contribution in [0.1, 0.15) is 23.7 Å². The minimum atomic E-state index is -0.603. The van der Waals surface area contributed by atoms with Gasteiger partial charge in [-0.15, -0.1) is 0 Å². The molecule has 0 atom stereocenters. The topological polar surface area (TPSA) is 49.4 Å². The maximum absolute atomic E-state index is 13.6. The lowest BCUT2D eigenvalue weighted by Crippen LogP contribution is -2.38. The molecule has 1 N–H and O–H groups in total. The molecule has 0 radical (unpaired) electrons. The van der Waals surface area contributed by atoms with Gasteiger partial charge in [0.2, 0.25) is 5.91 Å². The molecule has 2 amide bonds. The number of hydrogen-bond donors (Lipinski definition) is 1. The maximum atomic E-state index is 13.6. The van der Waals surface area contributed by atoms with E-state index in [2.05, 4.69) is 21.2 Å². The van der Waals surface area contributed by atoms with Crippen molar-refractivity contribution in [2.75, 3.05) is 20.1 Å². The Hall–Kier alpha value is -1.43. The molecule has 4 nitrogen and oxygen atoms in total. The van der Waals surface area contributed by atoms with Crippen molar-refractivity contribution in [1.29, 1.82) is 0 Å². The third-order valence-electron chi connectivity index (χ3n) is 2.46. The average Bonchev–Trinajstić information content (AvgIpc) is 2.38. The summed E-state index contributed by atoms with van der Waals surface area (Å²) in [5.41, 5.74) is -0.0554. The van der Waals surface area contributed by atoms with E-state index in [1.807, 2.05) is 6.92 Å². The lowest BCUT2D eigenvalue weighted by molar-refractivity contribution is -0.121. The van der Waals surface area contributed by atoms with Gasteiger partial charge >= 0.3 is 0 Å². The number of carbonyl (C=O) groups excluding carboxylic acids is 2. The monoisotopic (exact) mass is 330 g/mol. The van der Waals surface area contributed by atoms with Gasteiger partial charge in [-0.3, -0.25) is 9.59 Å². The first kappa shape index (κ1) is 15.6. The third-order valence-corrected chi connectivity index (χ3v) is 2.95. The zero-order valence-electron chi connectivity index (χ0n) is 10.9. The first-order valence-electron chi connectivity index (χ1n) is 5.93. The average molecular weight is 331 g/mol. The Morgan fingerprint density at radius 3 is 2.74 bits per heavy atom. The van der Waals surface area contributed by atoms with Crippen LogP contribution in [0.25, 0.3) is 0 Å². The molecule has 0 aliphatic rings. The smallest absolute Gasteiger partial charge is 0.257 e. The molecule has 1 aromatic rings. The molecule has 0 aliphatic carbocycles. The van der Waals surface area contributed by atoms with Crippen LogP contribution in [0.4, 0.5) is 4.39 Å². The van der Waals surface area contributed by atoms with Crippen LogP contribution in [-0.2, 0) is 4.79 Å². The van der Waals surface area contributed by atoms with Crippen LogP contribution < -0.4 is 5.32 Å². The summed E-state index contributed by atoms with van der Waals surface area (Å²) in [5.74, 6) is -1.38. The van der Waals surface area contributed by atoms with Crippen molar-refractivity contribution in [3.8, 4) is 0 Å². The molecule has 0 aromatic heterocycles. The number of carbonyl (C=O) groups is 2. The lowest BCUT2D eigenvalue weighted by Gasteiger charge is -2.17. The lowest BCUT2D eigenvalue weighted by atomic mass is 10.2. The summed E-state index contributed by atoms with van der Waals surface area (Å²) in [7, 11) is 1.47. The van der Waals surface area contributed by atoms with Crippen LogP contribution in [0.3, 0.4) is 0 Å². The molecule has 0 aliphatic heterocycles. The van der Waals surface area contributed by atoms with Crippen LogP contribution >= 0.6 is 15.9 Å². The molecule has 0 spiro atoms. The largest absolute Gasteiger partial charge is 0.355 e. The number of amides is 2. The Balaban J connectivity index is 2.71. The molecular formula is C13H16BrFN2O2. The standard InChI is InChI=1S/C13H16BrFN2O2/c1-3-6-16-12(18)8-17(2)13(19)10-7-9(14)4-5-11(10)15/h4-5,7H,3,6,8H2,1-2H3,(H,16,18). The fourth-order valence-corrected chi connectivity index (χ4v) is 1.84.